The van der Waals surface area contributed by atoms with Crippen molar-refractivity contribution in [2.75, 3.05) is 0 Å². The Hall–Kier alpha value is -1.46. The Kier molecular flexibility index (Phi) is 3.93. The fraction of sp³-hybridized carbons (Fsp3) is 0.333. The summed E-state index contributed by atoms with van der Waals surface area (Å²) in [4.78, 5) is 0. The van der Waals surface area contributed by atoms with Gasteiger partial charge in [0.15, 0.2) is 0 Å². The highest BCUT2D eigenvalue weighted by atomic mass is 35.5. The van der Waals surface area contributed by atoms with Crippen LogP contribution in [0.2, 0.25) is 5.02 Å². The minimum Gasteiger partial charge on any atom is -0.319 e. The van der Waals surface area contributed by atoms with Gasteiger partial charge in [0.1, 0.15) is 18.0 Å². The molecule has 0 radical (unpaired) electrons. The lowest BCUT2D eigenvalue weighted by Gasteiger charge is -2.13. The van der Waals surface area contributed by atoms with E-state index in [0.717, 1.165) is 5.82 Å². The molecule has 0 saturated carbocycles. The summed E-state index contributed by atoms with van der Waals surface area (Å²) < 4.78 is 15.3. The van der Waals surface area contributed by atoms with Gasteiger partial charge in [-0.05, 0) is 25.1 Å². The summed E-state index contributed by atoms with van der Waals surface area (Å²) in [6, 6.07) is 4.50. The van der Waals surface area contributed by atoms with Crippen molar-refractivity contribution in [3.63, 3.8) is 0 Å². The number of aromatic nitrogens is 3. The topological polar surface area (TPSA) is 42.7 Å². The van der Waals surface area contributed by atoms with E-state index in [2.05, 4.69) is 15.5 Å². The van der Waals surface area contributed by atoms with Crippen molar-refractivity contribution >= 4 is 11.6 Å². The van der Waals surface area contributed by atoms with Crippen molar-refractivity contribution in [2.45, 2.75) is 19.5 Å². The van der Waals surface area contributed by atoms with Crippen LogP contribution < -0.4 is 5.32 Å². The second kappa shape index (κ2) is 5.46. The molecule has 0 aliphatic rings. The van der Waals surface area contributed by atoms with Crippen LogP contribution in [0.4, 0.5) is 4.39 Å². The van der Waals surface area contributed by atoms with Gasteiger partial charge in [-0.25, -0.2) is 4.39 Å². The molecule has 1 heterocycles. The molecular formula is C12H14ClFN4. The van der Waals surface area contributed by atoms with Gasteiger partial charge in [0.05, 0.1) is 6.04 Å². The molecule has 0 saturated heterocycles. The average Bonchev–Trinajstić information content (AvgIpc) is 2.76. The highest BCUT2D eigenvalue weighted by molar-refractivity contribution is 6.30. The van der Waals surface area contributed by atoms with Crippen LogP contribution in [0.1, 0.15) is 24.4 Å². The summed E-state index contributed by atoms with van der Waals surface area (Å²) in [7, 11) is 1.87. The zero-order valence-corrected chi connectivity index (χ0v) is 10.9. The lowest BCUT2D eigenvalue weighted by atomic mass is 10.2. The molecule has 0 bridgehead atoms. The third kappa shape index (κ3) is 2.86. The summed E-state index contributed by atoms with van der Waals surface area (Å²) in [5.74, 6) is 0.537. The number of nitrogens with one attached hydrogen (secondary N) is 1. The lowest BCUT2D eigenvalue weighted by molar-refractivity contribution is 0.512. The predicted molar refractivity (Wildman–Crippen MR) is 67.7 cm³/mol. The largest absolute Gasteiger partial charge is 0.319 e. The summed E-state index contributed by atoms with van der Waals surface area (Å²) in [6.07, 6.45) is 1.63. The van der Waals surface area contributed by atoms with E-state index in [9.17, 15) is 4.39 Å². The molecule has 1 aromatic carbocycles. The molecule has 96 valence electrons. The first-order valence-electron chi connectivity index (χ1n) is 5.59. The van der Waals surface area contributed by atoms with Crippen LogP contribution in [0.15, 0.2) is 24.5 Å². The van der Waals surface area contributed by atoms with E-state index in [1.807, 2.05) is 18.5 Å². The molecule has 1 N–H and O–H groups in total. The first-order valence-corrected chi connectivity index (χ1v) is 5.97. The number of rotatable bonds is 4. The fourth-order valence-corrected chi connectivity index (χ4v) is 1.91. The molecule has 0 aliphatic carbocycles. The molecule has 1 unspecified atom stereocenters. The Morgan fingerprint density at radius 2 is 2.28 bits per heavy atom. The van der Waals surface area contributed by atoms with E-state index in [1.165, 1.54) is 12.1 Å². The standard InChI is InChI=1S/C12H14ClFN4/c1-8(12-17-16-7-18(12)2)15-6-9-5-10(13)3-4-11(9)14/h3-5,7-8,15H,6H2,1-2H3. The van der Waals surface area contributed by atoms with Crippen molar-refractivity contribution in [3.05, 3.63) is 46.8 Å². The van der Waals surface area contributed by atoms with Crippen molar-refractivity contribution in [1.29, 1.82) is 0 Å². The van der Waals surface area contributed by atoms with E-state index in [0.29, 0.717) is 17.1 Å². The molecule has 0 spiro atoms. The fourth-order valence-electron chi connectivity index (χ4n) is 1.72. The maximum atomic E-state index is 13.5. The van der Waals surface area contributed by atoms with Gasteiger partial charge >= 0.3 is 0 Å². The van der Waals surface area contributed by atoms with Crippen molar-refractivity contribution in [3.8, 4) is 0 Å². The molecule has 2 aromatic rings. The van der Waals surface area contributed by atoms with E-state index in [1.54, 1.807) is 12.4 Å². The molecular weight excluding hydrogens is 255 g/mol. The second-order valence-corrected chi connectivity index (χ2v) is 4.57. The van der Waals surface area contributed by atoms with Gasteiger partial charge in [0, 0.05) is 24.2 Å². The Morgan fingerprint density at radius 3 is 2.94 bits per heavy atom. The maximum Gasteiger partial charge on any atom is 0.149 e. The Balaban J connectivity index is 2.03. The normalized spacial score (nSPS) is 12.7. The molecule has 0 fully saturated rings. The molecule has 2 rings (SSSR count). The van der Waals surface area contributed by atoms with Crippen molar-refractivity contribution in [2.24, 2.45) is 7.05 Å². The summed E-state index contributed by atoms with van der Waals surface area (Å²) >= 11 is 5.84. The van der Waals surface area contributed by atoms with Gasteiger partial charge in [-0.2, -0.15) is 0 Å². The van der Waals surface area contributed by atoms with E-state index in [-0.39, 0.29) is 11.9 Å². The van der Waals surface area contributed by atoms with Gasteiger partial charge in [0.2, 0.25) is 0 Å². The van der Waals surface area contributed by atoms with Crippen molar-refractivity contribution < 1.29 is 4.39 Å². The SMILES string of the molecule is CC(NCc1cc(Cl)ccc1F)c1nncn1C. The second-order valence-electron chi connectivity index (χ2n) is 4.14. The van der Waals surface area contributed by atoms with E-state index in [4.69, 9.17) is 11.6 Å². The van der Waals surface area contributed by atoms with Crippen LogP contribution in [-0.2, 0) is 13.6 Å². The highest BCUT2D eigenvalue weighted by Crippen LogP contribution is 2.16. The lowest BCUT2D eigenvalue weighted by Crippen LogP contribution is -2.21. The Labute approximate surface area is 110 Å². The number of hydrogen-bond acceptors (Lipinski definition) is 3. The first-order chi connectivity index (χ1) is 8.58. The number of hydrogen-bond donors (Lipinski definition) is 1. The minimum atomic E-state index is -0.267. The summed E-state index contributed by atoms with van der Waals surface area (Å²) in [6.45, 7) is 2.34. The molecule has 0 aliphatic heterocycles. The number of nitrogens with zero attached hydrogens (tertiary/aromatic N) is 3. The molecule has 1 atom stereocenters. The van der Waals surface area contributed by atoms with Crippen LogP contribution in [0.5, 0.6) is 0 Å². The maximum absolute atomic E-state index is 13.5. The van der Waals surface area contributed by atoms with Crippen molar-refractivity contribution in [1.82, 2.24) is 20.1 Å². The zero-order valence-electron chi connectivity index (χ0n) is 10.2. The molecule has 1 aromatic heterocycles. The number of halogens is 2. The van der Waals surface area contributed by atoms with Crippen LogP contribution >= 0.6 is 11.6 Å². The van der Waals surface area contributed by atoms with Crippen LogP contribution in [0.3, 0.4) is 0 Å². The average molecular weight is 269 g/mol. The molecule has 0 amide bonds. The number of aryl methyl sites for hydroxylation is 1. The number of benzene rings is 1. The minimum absolute atomic E-state index is 0.0177. The molecule has 6 heteroatoms. The molecule has 4 nitrogen and oxygen atoms in total. The molecule has 18 heavy (non-hydrogen) atoms. The van der Waals surface area contributed by atoms with Gasteiger partial charge in [-0.15, -0.1) is 10.2 Å². The van der Waals surface area contributed by atoms with Gasteiger partial charge < -0.3 is 9.88 Å². The van der Waals surface area contributed by atoms with Gasteiger partial charge in [-0.1, -0.05) is 11.6 Å². The highest BCUT2D eigenvalue weighted by Gasteiger charge is 2.11. The van der Waals surface area contributed by atoms with Crippen LogP contribution in [0.25, 0.3) is 0 Å². The smallest absolute Gasteiger partial charge is 0.149 e. The Bertz CT molecular complexity index is 541. The van der Waals surface area contributed by atoms with Crippen LogP contribution in [0, 0.1) is 5.82 Å². The monoisotopic (exact) mass is 268 g/mol. The van der Waals surface area contributed by atoms with Gasteiger partial charge in [0.25, 0.3) is 0 Å². The van der Waals surface area contributed by atoms with Gasteiger partial charge in [-0.3, -0.25) is 0 Å². The zero-order chi connectivity index (χ0) is 13.1. The summed E-state index contributed by atoms with van der Waals surface area (Å²) in [5, 5.41) is 11.5. The van der Waals surface area contributed by atoms with Crippen LogP contribution in [-0.4, -0.2) is 14.8 Å². The third-order valence-corrected chi connectivity index (χ3v) is 2.98. The summed E-state index contributed by atoms with van der Waals surface area (Å²) in [5.41, 5.74) is 0.538. The van der Waals surface area contributed by atoms with E-state index >= 15 is 0 Å². The quantitative estimate of drug-likeness (QED) is 0.926. The first kappa shape index (κ1) is 13.0. The Morgan fingerprint density at radius 1 is 1.50 bits per heavy atom. The predicted octanol–water partition coefficient (Wildman–Crippen LogP) is 2.46. The third-order valence-electron chi connectivity index (χ3n) is 2.74. The van der Waals surface area contributed by atoms with E-state index < -0.39 is 0 Å².